The Kier molecular flexibility index (Phi) is 5.22. The van der Waals surface area contributed by atoms with Crippen LogP contribution in [0, 0.1) is 0 Å². The van der Waals surface area contributed by atoms with E-state index in [2.05, 4.69) is 18.0 Å². The molecule has 2 bridgehead atoms. The van der Waals surface area contributed by atoms with E-state index in [4.69, 9.17) is 23.7 Å². The van der Waals surface area contributed by atoms with E-state index in [-0.39, 0.29) is 18.2 Å². The standard InChI is InChI=1S/C23H33NO6/c1-24-9-8-22-19-15-4-5-16(27-3)20(19)30-21(22)17(29-13-12-28-11-10-26-2)6-7-23(22,25)18(24)14-15/h4-5,17-18,21,25H,6-14H2,1-3H3/t17-,18?,21-,22-,23+/m0/s1. The van der Waals surface area contributed by atoms with Crippen LogP contribution < -0.4 is 9.47 Å². The summed E-state index contributed by atoms with van der Waals surface area (Å²) in [6.07, 6.45) is 2.90. The van der Waals surface area contributed by atoms with Crippen molar-refractivity contribution in [3.8, 4) is 11.5 Å². The molecule has 1 aromatic rings. The van der Waals surface area contributed by atoms with E-state index in [1.54, 1.807) is 14.2 Å². The Labute approximate surface area is 178 Å². The molecule has 1 N–H and O–H groups in total. The lowest BCUT2D eigenvalue weighted by Gasteiger charge is -2.63. The summed E-state index contributed by atoms with van der Waals surface area (Å²) in [4.78, 5) is 2.33. The summed E-state index contributed by atoms with van der Waals surface area (Å²) in [5, 5.41) is 12.2. The van der Waals surface area contributed by atoms with Gasteiger partial charge in [0.25, 0.3) is 0 Å². The third kappa shape index (κ3) is 2.69. The second-order valence-electron chi connectivity index (χ2n) is 9.07. The van der Waals surface area contributed by atoms with Crippen LogP contribution >= 0.6 is 0 Å². The van der Waals surface area contributed by atoms with Gasteiger partial charge in [-0.2, -0.15) is 0 Å². The summed E-state index contributed by atoms with van der Waals surface area (Å²) < 4.78 is 29.2. The number of aliphatic hydroxyl groups is 1. The maximum Gasteiger partial charge on any atom is 0.166 e. The number of hydrogen-bond acceptors (Lipinski definition) is 7. The highest BCUT2D eigenvalue weighted by Gasteiger charge is 2.72. The number of likely N-dealkylation sites (tertiary alicyclic amines) is 1. The van der Waals surface area contributed by atoms with Crippen molar-refractivity contribution < 1.29 is 28.8 Å². The number of likely N-dealkylation sites (N-methyl/N-ethyl adjacent to an activating group) is 1. The minimum absolute atomic E-state index is 0.0802. The van der Waals surface area contributed by atoms with Crippen molar-refractivity contribution >= 4 is 0 Å². The molecule has 1 spiro atoms. The van der Waals surface area contributed by atoms with E-state index >= 15 is 0 Å². The molecule has 2 aliphatic heterocycles. The molecule has 1 unspecified atom stereocenters. The maximum absolute atomic E-state index is 12.2. The van der Waals surface area contributed by atoms with E-state index < -0.39 is 11.0 Å². The predicted octanol–water partition coefficient (Wildman–Crippen LogP) is 1.53. The molecule has 0 aromatic heterocycles. The van der Waals surface area contributed by atoms with Gasteiger partial charge in [0.05, 0.1) is 50.7 Å². The molecule has 7 nitrogen and oxygen atoms in total. The van der Waals surface area contributed by atoms with E-state index in [9.17, 15) is 5.11 Å². The van der Waals surface area contributed by atoms with Crippen LogP contribution in [0.1, 0.15) is 30.4 Å². The molecular weight excluding hydrogens is 386 g/mol. The first kappa shape index (κ1) is 20.5. The Morgan fingerprint density at radius 1 is 1.17 bits per heavy atom. The van der Waals surface area contributed by atoms with Gasteiger partial charge < -0.3 is 33.7 Å². The predicted molar refractivity (Wildman–Crippen MR) is 110 cm³/mol. The summed E-state index contributed by atoms with van der Waals surface area (Å²) in [6, 6.07) is 4.26. The first-order chi connectivity index (χ1) is 14.6. The summed E-state index contributed by atoms with van der Waals surface area (Å²) in [7, 11) is 5.48. The molecule has 2 heterocycles. The molecule has 2 aliphatic carbocycles. The Morgan fingerprint density at radius 2 is 2.00 bits per heavy atom. The molecule has 7 heteroatoms. The number of methoxy groups -OCH3 is 2. The van der Waals surface area contributed by atoms with Gasteiger partial charge in [0.15, 0.2) is 11.5 Å². The summed E-state index contributed by atoms with van der Waals surface area (Å²) in [5.74, 6) is 1.56. The van der Waals surface area contributed by atoms with Crippen LogP contribution in [0.4, 0.5) is 0 Å². The van der Waals surface area contributed by atoms with Crippen LogP contribution in [-0.2, 0) is 26.0 Å². The molecule has 2 fully saturated rings. The molecule has 30 heavy (non-hydrogen) atoms. The fraction of sp³-hybridized carbons (Fsp3) is 0.739. The van der Waals surface area contributed by atoms with Crippen LogP contribution in [0.2, 0.25) is 0 Å². The number of piperidine rings is 1. The topological polar surface area (TPSA) is 69.6 Å². The third-order valence-corrected chi connectivity index (χ3v) is 7.87. The minimum Gasteiger partial charge on any atom is -0.493 e. The molecule has 1 aromatic carbocycles. The first-order valence-electron chi connectivity index (χ1n) is 11.0. The highest BCUT2D eigenvalue weighted by molar-refractivity contribution is 5.62. The van der Waals surface area contributed by atoms with Crippen molar-refractivity contribution in [1.82, 2.24) is 4.90 Å². The van der Waals surface area contributed by atoms with Crippen LogP contribution in [0.25, 0.3) is 0 Å². The summed E-state index contributed by atoms with van der Waals surface area (Å²) >= 11 is 0. The van der Waals surface area contributed by atoms with E-state index in [1.807, 2.05) is 6.07 Å². The normalized spacial score (nSPS) is 36.3. The Morgan fingerprint density at radius 3 is 2.80 bits per heavy atom. The van der Waals surface area contributed by atoms with Gasteiger partial charge in [-0.15, -0.1) is 0 Å². The molecule has 166 valence electrons. The zero-order chi connectivity index (χ0) is 20.9. The second kappa shape index (κ2) is 7.64. The van der Waals surface area contributed by atoms with Gasteiger partial charge in [-0.3, -0.25) is 0 Å². The summed E-state index contributed by atoms with van der Waals surface area (Å²) in [6.45, 7) is 3.12. The lowest BCUT2D eigenvalue weighted by atomic mass is 9.48. The highest BCUT2D eigenvalue weighted by Crippen LogP contribution is 2.65. The van der Waals surface area contributed by atoms with Gasteiger partial charge in [0.2, 0.25) is 0 Å². The largest absolute Gasteiger partial charge is 0.493 e. The van der Waals surface area contributed by atoms with Crippen molar-refractivity contribution in [2.24, 2.45) is 0 Å². The molecule has 5 atom stereocenters. The summed E-state index contributed by atoms with van der Waals surface area (Å²) in [5.41, 5.74) is 1.19. The number of nitrogens with zero attached hydrogens (tertiary/aromatic N) is 1. The van der Waals surface area contributed by atoms with Gasteiger partial charge in [-0.1, -0.05) is 6.07 Å². The maximum atomic E-state index is 12.2. The zero-order valence-electron chi connectivity index (χ0n) is 18.2. The number of rotatable bonds is 8. The van der Waals surface area contributed by atoms with Crippen LogP contribution in [0.3, 0.4) is 0 Å². The van der Waals surface area contributed by atoms with Crippen LogP contribution in [-0.4, -0.2) is 88.1 Å². The molecule has 1 saturated carbocycles. The lowest BCUT2D eigenvalue weighted by Crippen LogP contribution is -2.76. The lowest BCUT2D eigenvalue weighted by molar-refractivity contribution is -0.213. The molecule has 5 rings (SSSR count). The van der Waals surface area contributed by atoms with E-state index in [0.717, 1.165) is 37.3 Å². The average Bonchev–Trinajstić information content (AvgIpc) is 3.10. The molecule has 4 aliphatic rings. The fourth-order valence-electron chi connectivity index (χ4n) is 6.53. The smallest absolute Gasteiger partial charge is 0.166 e. The van der Waals surface area contributed by atoms with Crippen LogP contribution in [0.15, 0.2) is 12.1 Å². The van der Waals surface area contributed by atoms with Crippen molar-refractivity contribution in [2.75, 3.05) is 54.2 Å². The highest BCUT2D eigenvalue weighted by atomic mass is 16.6. The van der Waals surface area contributed by atoms with Gasteiger partial charge in [-0.25, -0.2) is 0 Å². The number of ether oxygens (including phenoxy) is 5. The molecule has 0 amide bonds. The molecule has 1 saturated heterocycles. The number of benzene rings is 1. The molecular formula is C23H33NO6. The van der Waals surface area contributed by atoms with Gasteiger partial charge in [0.1, 0.15) is 6.10 Å². The SMILES string of the molecule is COCCOCCO[C@H]1CC[C@@]2(O)C3Cc4ccc(OC)c5c4[C@@]2(CCN3C)[C@H]1O5. The third-order valence-electron chi connectivity index (χ3n) is 7.87. The van der Waals surface area contributed by atoms with Crippen molar-refractivity contribution in [1.29, 1.82) is 0 Å². The van der Waals surface area contributed by atoms with Gasteiger partial charge in [0, 0.05) is 18.7 Å². The number of hydrogen-bond donors (Lipinski definition) is 1. The second-order valence-corrected chi connectivity index (χ2v) is 9.07. The Balaban J connectivity index is 1.47. The first-order valence-corrected chi connectivity index (χ1v) is 11.0. The minimum atomic E-state index is -0.815. The van der Waals surface area contributed by atoms with Crippen molar-refractivity contribution in [3.63, 3.8) is 0 Å². The van der Waals surface area contributed by atoms with Crippen molar-refractivity contribution in [2.45, 2.75) is 54.9 Å². The monoisotopic (exact) mass is 419 g/mol. The average molecular weight is 420 g/mol. The van der Waals surface area contributed by atoms with E-state index in [1.165, 1.54) is 11.1 Å². The zero-order valence-corrected chi connectivity index (χ0v) is 18.2. The quantitative estimate of drug-likeness (QED) is 0.641. The van der Waals surface area contributed by atoms with Gasteiger partial charge in [-0.05, 0) is 50.9 Å². The van der Waals surface area contributed by atoms with Crippen molar-refractivity contribution in [3.05, 3.63) is 23.3 Å². The molecule has 0 radical (unpaired) electrons. The van der Waals surface area contributed by atoms with E-state index in [0.29, 0.717) is 32.8 Å². The fourth-order valence-corrected chi connectivity index (χ4v) is 6.53. The Bertz CT molecular complexity index is 802. The Hall–Kier alpha value is -1.38. The van der Waals surface area contributed by atoms with Crippen LogP contribution in [0.5, 0.6) is 11.5 Å². The van der Waals surface area contributed by atoms with Gasteiger partial charge >= 0.3 is 0 Å².